The Balaban J connectivity index is 1.50. The van der Waals surface area contributed by atoms with Gasteiger partial charge in [-0.2, -0.15) is 8.78 Å². The van der Waals surface area contributed by atoms with Crippen LogP contribution in [0.25, 0.3) is 11.1 Å². The minimum Gasteiger partial charge on any atom is -0.429 e. The third-order valence-corrected chi connectivity index (χ3v) is 7.31. The van der Waals surface area contributed by atoms with E-state index < -0.39 is 46.5 Å². The Morgan fingerprint density at radius 3 is 2.03 bits per heavy atom. The second-order valence-corrected chi connectivity index (χ2v) is 9.96. The van der Waals surface area contributed by atoms with Gasteiger partial charge >= 0.3 is 6.11 Å². The summed E-state index contributed by atoms with van der Waals surface area (Å²) in [6, 6.07) is 7.24. The second kappa shape index (κ2) is 11.8. The molecule has 0 aromatic heterocycles. The number of alkyl halides is 2. The summed E-state index contributed by atoms with van der Waals surface area (Å²) >= 11 is 0. The molecule has 3 aromatic rings. The van der Waals surface area contributed by atoms with Crippen LogP contribution in [0.15, 0.2) is 48.5 Å². The van der Waals surface area contributed by atoms with Gasteiger partial charge in [-0.05, 0) is 79.0 Å². The molecule has 1 aliphatic carbocycles. The van der Waals surface area contributed by atoms with Crippen LogP contribution < -0.4 is 4.74 Å². The molecule has 204 valence electrons. The molecule has 0 spiro atoms. The van der Waals surface area contributed by atoms with Crippen LogP contribution in [0, 0.1) is 35.0 Å². The van der Waals surface area contributed by atoms with E-state index in [9.17, 15) is 26.3 Å². The van der Waals surface area contributed by atoms with Gasteiger partial charge < -0.3 is 4.74 Å². The van der Waals surface area contributed by atoms with Gasteiger partial charge in [-0.3, -0.25) is 0 Å². The minimum absolute atomic E-state index is 0.129. The summed E-state index contributed by atoms with van der Waals surface area (Å²) in [5, 5.41) is 0. The number of ether oxygens (including phenoxy) is 1. The minimum atomic E-state index is -4.55. The van der Waals surface area contributed by atoms with Gasteiger partial charge in [-0.25, -0.2) is 22.0 Å². The maximum Gasteiger partial charge on any atom is 0.432 e. The van der Waals surface area contributed by atoms with Crippen LogP contribution in [0.4, 0.5) is 30.7 Å². The average Bonchev–Trinajstić information content (AvgIpc) is 2.86. The lowest BCUT2D eigenvalue weighted by Gasteiger charge is -2.29. The zero-order valence-corrected chi connectivity index (χ0v) is 21.0. The lowest BCUT2D eigenvalue weighted by molar-refractivity contribution is -0.189. The van der Waals surface area contributed by atoms with E-state index in [0.29, 0.717) is 36.2 Å². The molecule has 1 nitrogen and oxygen atoms in total. The summed E-state index contributed by atoms with van der Waals surface area (Å²) in [6.07, 6.45) is 4.36. The Morgan fingerprint density at radius 2 is 1.42 bits per heavy atom. The Hall–Kier alpha value is -3.03. The van der Waals surface area contributed by atoms with E-state index >= 15 is 4.39 Å². The fourth-order valence-electron chi connectivity index (χ4n) is 5.23. The molecule has 0 heterocycles. The maximum absolute atomic E-state index is 15.0. The first-order valence-electron chi connectivity index (χ1n) is 12.9. The monoisotopic (exact) mass is 538 g/mol. The van der Waals surface area contributed by atoms with Gasteiger partial charge in [0.1, 0.15) is 28.8 Å². The highest BCUT2D eigenvalue weighted by molar-refractivity contribution is 5.65. The van der Waals surface area contributed by atoms with Crippen LogP contribution in [0.2, 0.25) is 0 Å². The van der Waals surface area contributed by atoms with Crippen LogP contribution >= 0.6 is 0 Å². The zero-order chi connectivity index (χ0) is 27.4. The molecule has 1 aliphatic rings. The molecule has 38 heavy (non-hydrogen) atoms. The molecule has 0 aliphatic heterocycles. The van der Waals surface area contributed by atoms with Crippen molar-refractivity contribution in [1.82, 2.24) is 0 Å². The number of unbranched alkanes of at least 4 members (excludes halogenated alkanes) is 2. The average molecular weight is 539 g/mol. The van der Waals surface area contributed by atoms with Gasteiger partial charge in [0.15, 0.2) is 11.6 Å². The Bertz CT molecular complexity index is 1240. The van der Waals surface area contributed by atoms with Crippen LogP contribution in [-0.4, -0.2) is 0 Å². The fourth-order valence-corrected chi connectivity index (χ4v) is 5.23. The standard InChI is InChI=1S/C30H29F7O/c1-2-3-4-5-18-6-8-19(9-7-18)20-10-12-23(25(32)14-20)21-15-27(34)29(28(35)16-21)30(36,37)38-22-11-13-24(31)26(33)17-22/h10-19H,2-9H2,1H3. The maximum atomic E-state index is 15.0. The molecular weight excluding hydrogens is 509 g/mol. The van der Waals surface area contributed by atoms with Gasteiger partial charge in [-0.1, -0.05) is 44.7 Å². The first-order valence-corrected chi connectivity index (χ1v) is 12.9. The highest BCUT2D eigenvalue weighted by Gasteiger charge is 2.41. The molecule has 1 fully saturated rings. The van der Waals surface area contributed by atoms with Crippen molar-refractivity contribution in [2.24, 2.45) is 5.92 Å². The summed E-state index contributed by atoms with van der Waals surface area (Å²) in [5.41, 5.74) is -1.30. The Morgan fingerprint density at radius 1 is 0.737 bits per heavy atom. The summed E-state index contributed by atoms with van der Waals surface area (Å²) in [4.78, 5) is 0. The predicted octanol–water partition coefficient (Wildman–Crippen LogP) is 10.0. The van der Waals surface area contributed by atoms with Crippen molar-refractivity contribution in [2.75, 3.05) is 0 Å². The van der Waals surface area contributed by atoms with Crippen LogP contribution in [0.1, 0.15) is 75.3 Å². The van der Waals surface area contributed by atoms with Gasteiger partial charge in [0.25, 0.3) is 0 Å². The third kappa shape index (κ3) is 6.33. The van der Waals surface area contributed by atoms with E-state index in [0.717, 1.165) is 31.2 Å². The van der Waals surface area contributed by atoms with Crippen LogP contribution in [0.5, 0.6) is 5.75 Å². The Labute approximate surface area is 217 Å². The van der Waals surface area contributed by atoms with Crippen LogP contribution in [-0.2, 0) is 6.11 Å². The molecule has 3 aromatic carbocycles. The lowest BCUT2D eigenvalue weighted by atomic mass is 9.77. The highest BCUT2D eigenvalue weighted by atomic mass is 19.3. The fraction of sp³-hybridized carbons (Fsp3) is 0.400. The largest absolute Gasteiger partial charge is 0.432 e. The molecule has 4 rings (SSSR count). The SMILES string of the molecule is CCCCCC1CCC(c2ccc(-c3cc(F)c(C(F)(F)Oc4ccc(F)c(F)c4)c(F)c3)c(F)c2)CC1. The lowest BCUT2D eigenvalue weighted by Crippen LogP contribution is -2.25. The zero-order valence-electron chi connectivity index (χ0n) is 21.0. The highest BCUT2D eigenvalue weighted by Crippen LogP contribution is 2.40. The molecule has 8 heteroatoms. The van der Waals surface area contributed by atoms with Gasteiger partial charge in [0.2, 0.25) is 0 Å². The first kappa shape index (κ1) is 28.0. The molecule has 0 radical (unpaired) electrons. The van der Waals surface area contributed by atoms with E-state index in [4.69, 9.17) is 0 Å². The molecule has 0 bridgehead atoms. The summed E-state index contributed by atoms with van der Waals surface area (Å²) in [7, 11) is 0. The molecule has 1 saturated carbocycles. The van der Waals surface area contributed by atoms with Crippen LogP contribution in [0.3, 0.4) is 0 Å². The van der Waals surface area contributed by atoms with Crippen molar-refractivity contribution in [1.29, 1.82) is 0 Å². The topological polar surface area (TPSA) is 9.23 Å². The van der Waals surface area contributed by atoms with Gasteiger partial charge in [0.05, 0.1) is 0 Å². The molecule has 0 saturated heterocycles. The van der Waals surface area contributed by atoms with E-state index in [1.165, 1.54) is 37.8 Å². The molecule has 0 atom stereocenters. The number of rotatable bonds is 9. The van der Waals surface area contributed by atoms with E-state index in [1.807, 2.05) is 0 Å². The van der Waals surface area contributed by atoms with Gasteiger partial charge in [0, 0.05) is 11.6 Å². The predicted molar refractivity (Wildman–Crippen MR) is 131 cm³/mol. The van der Waals surface area contributed by atoms with Crippen molar-refractivity contribution in [3.63, 3.8) is 0 Å². The van der Waals surface area contributed by atoms with E-state index in [1.54, 1.807) is 6.07 Å². The molecule has 0 amide bonds. The third-order valence-electron chi connectivity index (χ3n) is 7.31. The van der Waals surface area contributed by atoms with Crippen molar-refractivity contribution in [3.05, 3.63) is 88.7 Å². The van der Waals surface area contributed by atoms with Crippen molar-refractivity contribution in [3.8, 4) is 16.9 Å². The second-order valence-electron chi connectivity index (χ2n) is 9.96. The van der Waals surface area contributed by atoms with E-state index in [-0.39, 0.29) is 17.0 Å². The summed E-state index contributed by atoms with van der Waals surface area (Å²) < 4.78 is 104. The normalized spacial score (nSPS) is 18.0. The number of hydrogen-bond acceptors (Lipinski definition) is 1. The smallest absolute Gasteiger partial charge is 0.429 e. The molecule has 0 N–H and O–H groups in total. The van der Waals surface area contributed by atoms with Crippen molar-refractivity contribution in [2.45, 2.75) is 70.3 Å². The number of benzene rings is 3. The summed E-state index contributed by atoms with van der Waals surface area (Å²) in [5.74, 6) is -6.74. The Kier molecular flexibility index (Phi) is 8.68. The van der Waals surface area contributed by atoms with Crippen molar-refractivity contribution >= 4 is 0 Å². The number of hydrogen-bond donors (Lipinski definition) is 0. The molecular formula is C30H29F7O. The summed E-state index contributed by atoms with van der Waals surface area (Å²) in [6.45, 7) is 2.18. The quantitative estimate of drug-likeness (QED) is 0.195. The van der Waals surface area contributed by atoms with E-state index in [2.05, 4.69) is 11.7 Å². The number of halogens is 7. The molecule has 0 unspecified atom stereocenters. The van der Waals surface area contributed by atoms with Gasteiger partial charge in [-0.15, -0.1) is 0 Å². The first-order chi connectivity index (χ1) is 18.1. The van der Waals surface area contributed by atoms with Crippen molar-refractivity contribution < 1.29 is 35.5 Å².